The Kier molecular flexibility index (Phi) is 6.72. The van der Waals surface area contributed by atoms with Crippen LogP contribution in [0.3, 0.4) is 0 Å². The molecule has 7 nitrogen and oxygen atoms in total. The third-order valence-electron chi connectivity index (χ3n) is 4.75. The van der Waals surface area contributed by atoms with Crippen LogP contribution in [0.15, 0.2) is 42.5 Å². The molecule has 1 aliphatic rings. The van der Waals surface area contributed by atoms with E-state index in [0.717, 1.165) is 12.0 Å². The average molecular weight is 398 g/mol. The zero-order valence-electron chi connectivity index (χ0n) is 16.9. The number of fused-ring (bicyclic) bond motifs is 1. The van der Waals surface area contributed by atoms with Crippen LogP contribution in [0.5, 0.6) is 11.5 Å². The Morgan fingerprint density at radius 3 is 2.83 bits per heavy atom. The summed E-state index contributed by atoms with van der Waals surface area (Å²) in [6, 6.07) is 12.4. The van der Waals surface area contributed by atoms with Gasteiger partial charge < -0.3 is 24.4 Å². The molecule has 1 heterocycles. The van der Waals surface area contributed by atoms with E-state index >= 15 is 0 Å². The van der Waals surface area contributed by atoms with Crippen LogP contribution >= 0.6 is 0 Å². The first kappa shape index (κ1) is 20.7. The molecular weight excluding hydrogens is 372 g/mol. The van der Waals surface area contributed by atoms with Gasteiger partial charge in [-0.05, 0) is 49.7 Å². The fourth-order valence-corrected chi connectivity index (χ4v) is 3.23. The molecule has 2 aromatic carbocycles. The topological polar surface area (TPSA) is 77.1 Å². The van der Waals surface area contributed by atoms with Crippen molar-refractivity contribution >= 4 is 17.5 Å². The molecule has 0 aliphatic carbocycles. The number of nitrogens with zero attached hydrogens (tertiary/aromatic N) is 1. The number of methoxy groups -OCH3 is 2. The van der Waals surface area contributed by atoms with Crippen molar-refractivity contribution in [2.75, 3.05) is 32.7 Å². The molecule has 7 heteroatoms. The first-order valence-electron chi connectivity index (χ1n) is 9.54. The van der Waals surface area contributed by atoms with E-state index < -0.39 is 6.10 Å². The van der Waals surface area contributed by atoms with Crippen LogP contribution in [0.4, 0.5) is 5.69 Å². The Balaban J connectivity index is 1.77. The molecule has 0 saturated carbocycles. The Morgan fingerprint density at radius 2 is 2.07 bits per heavy atom. The van der Waals surface area contributed by atoms with Gasteiger partial charge in [0.1, 0.15) is 11.5 Å². The van der Waals surface area contributed by atoms with E-state index in [-0.39, 0.29) is 11.8 Å². The number of carbonyl (C=O) groups is 2. The van der Waals surface area contributed by atoms with Crippen molar-refractivity contribution < 1.29 is 23.8 Å². The largest absolute Gasteiger partial charge is 0.497 e. The van der Waals surface area contributed by atoms with Crippen LogP contribution < -0.4 is 14.8 Å². The normalized spacial score (nSPS) is 15.9. The molecule has 1 atom stereocenters. The third-order valence-corrected chi connectivity index (χ3v) is 4.75. The standard InChI is InChI=1S/C22H26N2O5/c1-15-22(26)24(10-5-11-27-2)14-17-12-18(8-9-20(17)29-15)23-21(25)16-6-4-7-19(13-16)28-3/h4,6-9,12-13,15H,5,10-11,14H2,1-3H3,(H,23,25). The zero-order valence-corrected chi connectivity index (χ0v) is 16.9. The van der Waals surface area contributed by atoms with E-state index in [1.807, 2.05) is 6.07 Å². The average Bonchev–Trinajstić information content (AvgIpc) is 2.85. The summed E-state index contributed by atoms with van der Waals surface area (Å²) in [5.41, 5.74) is 1.99. The molecule has 154 valence electrons. The first-order chi connectivity index (χ1) is 14.0. The van der Waals surface area contributed by atoms with Gasteiger partial charge in [-0.1, -0.05) is 6.07 Å². The van der Waals surface area contributed by atoms with Crippen LogP contribution in [0.2, 0.25) is 0 Å². The SMILES string of the molecule is COCCCN1Cc2cc(NC(=O)c3cccc(OC)c3)ccc2OC(C)C1=O. The number of anilines is 1. The number of hydrogen-bond acceptors (Lipinski definition) is 5. The fourth-order valence-electron chi connectivity index (χ4n) is 3.23. The predicted octanol–water partition coefficient (Wildman–Crippen LogP) is 3.09. The summed E-state index contributed by atoms with van der Waals surface area (Å²) >= 11 is 0. The summed E-state index contributed by atoms with van der Waals surface area (Å²) in [4.78, 5) is 26.9. The summed E-state index contributed by atoms with van der Waals surface area (Å²) in [5, 5.41) is 2.90. The fraction of sp³-hybridized carbons (Fsp3) is 0.364. The summed E-state index contributed by atoms with van der Waals surface area (Å²) < 4.78 is 16.1. The quantitative estimate of drug-likeness (QED) is 0.726. The lowest BCUT2D eigenvalue weighted by Gasteiger charge is -2.22. The number of rotatable bonds is 7. The second-order valence-corrected chi connectivity index (χ2v) is 6.87. The molecule has 0 radical (unpaired) electrons. The zero-order chi connectivity index (χ0) is 20.8. The van der Waals surface area contributed by atoms with Crippen LogP contribution in [-0.4, -0.2) is 50.2 Å². The van der Waals surface area contributed by atoms with E-state index in [2.05, 4.69) is 5.32 Å². The molecular formula is C22H26N2O5. The maximum Gasteiger partial charge on any atom is 0.263 e. The van der Waals surface area contributed by atoms with Crippen LogP contribution in [0.1, 0.15) is 29.3 Å². The lowest BCUT2D eigenvalue weighted by Crippen LogP contribution is -2.38. The van der Waals surface area contributed by atoms with Gasteiger partial charge in [0.05, 0.1) is 7.11 Å². The first-order valence-corrected chi connectivity index (χ1v) is 9.54. The molecule has 2 aromatic rings. The van der Waals surface area contributed by atoms with Gasteiger partial charge in [-0.15, -0.1) is 0 Å². The van der Waals surface area contributed by atoms with Crippen molar-refractivity contribution in [1.82, 2.24) is 4.90 Å². The van der Waals surface area contributed by atoms with Gasteiger partial charge in [-0.25, -0.2) is 0 Å². The highest BCUT2D eigenvalue weighted by Gasteiger charge is 2.27. The van der Waals surface area contributed by atoms with Gasteiger partial charge in [0.15, 0.2) is 6.10 Å². The maximum atomic E-state index is 12.6. The number of amides is 2. The van der Waals surface area contributed by atoms with Crippen molar-refractivity contribution in [2.24, 2.45) is 0 Å². The summed E-state index contributed by atoms with van der Waals surface area (Å²) in [6.45, 7) is 3.34. The number of carbonyl (C=O) groups excluding carboxylic acids is 2. The molecule has 0 saturated heterocycles. The molecule has 0 aromatic heterocycles. The molecule has 0 spiro atoms. The molecule has 0 fully saturated rings. The second kappa shape index (κ2) is 9.43. The van der Waals surface area contributed by atoms with Gasteiger partial charge in [-0.3, -0.25) is 9.59 Å². The molecule has 1 N–H and O–H groups in total. The minimum absolute atomic E-state index is 0.0562. The van der Waals surface area contributed by atoms with E-state index in [9.17, 15) is 9.59 Å². The van der Waals surface area contributed by atoms with Crippen LogP contribution in [-0.2, 0) is 16.1 Å². The number of benzene rings is 2. The summed E-state index contributed by atoms with van der Waals surface area (Å²) in [6.07, 6.45) is 0.187. The molecule has 1 unspecified atom stereocenters. The minimum atomic E-state index is -0.559. The van der Waals surface area contributed by atoms with Crippen molar-refractivity contribution in [3.05, 3.63) is 53.6 Å². The molecule has 3 rings (SSSR count). The Bertz CT molecular complexity index is 883. The highest BCUT2D eigenvalue weighted by Crippen LogP contribution is 2.29. The molecule has 2 amide bonds. The van der Waals surface area contributed by atoms with Gasteiger partial charge in [-0.2, -0.15) is 0 Å². The van der Waals surface area contributed by atoms with E-state index in [4.69, 9.17) is 14.2 Å². The number of nitrogens with one attached hydrogen (secondary N) is 1. The summed E-state index contributed by atoms with van der Waals surface area (Å²) in [7, 11) is 3.20. The predicted molar refractivity (Wildman–Crippen MR) is 109 cm³/mol. The monoisotopic (exact) mass is 398 g/mol. The lowest BCUT2D eigenvalue weighted by molar-refractivity contribution is -0.137. The Hall–Kier alpha value is -3.06. The molecule has 29 heavy (non-hydrogen) atoms. The molecule has 0 bridgehead atoms. The summed E-state index contributed by atoms with van der Waals surface area (Å²) in [5.74, 6) is 0.978. The van der Waals surface area contributed by atoms with Crippen LogP contribution in [0, 0.1) is 0 Å². The highest BCUT2D eigenvalue weighted by atomic mass is 16.5. The van der Waals surface area contributed by atoms with Crippen LogP contribution in [0.25, 0.3) is 0 Å². The third kappa shape index (κ3) is 5.06. The van der Waals surface area contributed by atoms with Crippen molar-refractivity contribution in [3.63, 3.8) is 0 Å². The van der Waals surface area contributed by atoms with Gasteiger partial charge >= 0.3 is 0 Å². The smallest absolute Gasteiger partial charge is 0.263 e. The van der Waals surface area contributed by atoms with Crippen molar-refractivity contribution in [1.29, 1.82) is 0 Å². The van der Waals surface area contributed by atoms with Crippen molar-refractivity contribution in [3.8, 4) is 11.5 Å². The van der Waals surface area contributed by atoms with Gasteiger partial charge in [0.25, 0.3) is 11.8 Å². The van der Waals surface area contributed by atoms with Gasteiger partial charge in [0, 0.05) is 43.6 Å². The Morgan fingerprint density at radius 1 is 1.24 bits per heavy atom. The number of ether oxygens (including phenoxy) is 3. The van der Waals surface area contributed by atoms with Crippen molar-refractivity contribution in [2.45, 2.75) is 26.0 Å². The lowest BCUT2D eigenvalue weighted by atomic mass is 10.1. The molecule has 1 aliphatic heterocycles. The van der Waals surface area contributed by atoms with E-state index in [1.165, 1.54) is 0 Å². The maximum absolute atomic E-state index is 12.6. The van der Waals surface area contributed by atoms with E-state index in [0.29, 0.717) is 42.4 Å². The Labute approximate surface area is 170 Å². The number of hydrogen-bond donors (Lipinski definition) is 1. The van der Waals surface area contributed by atoms with Gasteiger partial charge in [0.2, 0.25) is 0 Å². The highest BCUT2D eigenvalue weighted by molar-refractivity contribution is 6.04. The minimum Gasteiger partial charge on any atom is -0.497 e. The second-order valence-electron chi connectivity index (χ2n) is 6.87. The van der Waals surface area contributed by atoms with E-state index in [1.54, 1.807) is 62.4 Å².